The molecule has 0 aliphatic carbocycles. The van der Waals surface area contributed by atoms with Gasteiger partial charge in [0.05, 0.1) is 6.61 Å². The maximum Gasteiger partial charge on any atom is 0.411 e. The number of rotatable bonds is 6. The second-order valence-corrected chi connectivity index (χ2v) is 7.16. The standard InChI is InChI=1S/C19H22BBrN2O2/c1-13-9-16(21)7-8-18(13)14(2)12-25-19(24)22-17-6-4-5-15(10-17)11-23(3)20/h4-10,14H,11-12H2,1-3H3,(H,22,24)/t14-/m0/s1. The molecule has 6 heteroatoms. The van der Waals surface area contributed by atoms with E-state index in [1.54, 1.807) is 11.9 Å². The van der Waals surface area contributed by atoms with Crippen LogP contribution >= 0.6 is 15.9 Å². The predicted molar refractivity (Wildman–Crippen MR) is 106 cm³/mol. The lowest BCUT2D eigenvalue weighted by Gasteiger charge is -2.16. The van der Waals surface area contributed by atoms with Crippen LogP contribution in [0.1, 0.15) is 29.5 Å². The summed E-state index contributed by atoms with van der Waals surface area (Å²) in [4.78, 5) is 13.6. The third-order valence-electron chi connectivity index (χ3n) is 3.83. The molecule has 0 heterocycles. The molecule has 2 aromatic rings. The van der Waals surface area contributed by atoms with Crippen LogP contribution < -0.4 is 5.32 Å². The van der Waals surface area contributed by atoms with Crippen LogP contribution in [0.25, 0.3) is 0 Å². The highest BCUT2D eigenvalue weighted by atomic mass is 79.9. The summed E-state index contributed by atoms with van der Waals surface area (Å²) in [5, 5.41) is 2.76. The number of ether oxygens (including phenoxy) is 1. The first-order valence-electron chi connectivity index (χ1n) is 8.09. The summed E-state index contributed by atoms with van der Waals surface area (Å²) in [6, 6.07) is 13.7. The van der Waals surface area contributed by atoms with Crippen molar-refractivity contribution in [2.45, 2.75) is 26.3 Å². The van der Waals surface area contributed by atoms with E-state index in [9.17, 15) is 4.79 Å². The lowest BCUT2D eigenvalue weighted by molar-refractivity contribution is 0.155. The molecule has 1 amide bonds. The highest BCUT2D eigenvalue weighted by molar-refractivity contribution is 9.10. The Hall–Kier alpha value is -1.79. The Bertz CT molecular complexity index is 737. The molecule has 25 heavy (non-hydrogen) atoms. The van der Waals surface area contributed by atoms with Gasteiger partial charge in [-0.15, -0.1) is 0 Å². The number of nitrogens with one attached hydrogen (secondary N) is 1. The summed E-state index contributed by atoms with van der Waals surface area (Å²) in [5.74, 6) is 0.121. The maximum atomic E-state index is 12.0. The summed E-state index contributed by atoms with van der Waals surface area (Å²) in [5.41, 5.74) is 4.05. The number of carbonyl (C=O) groups excluding carboxylic acids is 1. The van der Waals surface area contributed by atoms with Crippen LogP contribution in [-0.4, -0.2) is 32.5 Å². The van der Waals surface area contributed by atoms with Gasteiger partial charge in [0.25, 0.3) is 0 Å². The van der Waals surface area contributed by atoms with E-state index >= 15 is 0 Å². The molecule has 0 fully saturated rings. The number of hydrogen-bond donors (Lipinski definition) is 1. The van der Waals surface area contributed by atoms with Gasteiger partial charge in [0.15, 0.2) is 7.98 Å². The fourth-order valence-electron chi connectivity index (χ4n) is 2.67. The Labute approximate surface area is 159 Å². The lowest BCUT2D eigenvalue weighted by Crippen LogP contribution is -2.18. The number of benzene rings is 2. The number of anilines is 1. The smallest absolute Gasteiger partial charge is 0.411 e. The fourth-order valence-corrected chi connectivity index (χ4v) is 3.15. The van der Waals surface area contributed by atoms with Crippen molar-refractivity contribution in [2.75, 3.05) is 19.0 Å². The zero-order chi connectivity index (χ0) is 18.4. The molecule has 0 aliphatic heterocycles. The molecule has 0 saturated heterocycles. The Morgan fingerprint density at radius 3 is 2.76 bits per heavy atom. The highest BCUT2D eigenvalue weighted by Crippen LogP contribution is 2.23. The maximum absolute atomic E-state index is 12.0. The third-order valence-corrected chi connectivity index (χ3v) is 4.33. The van der Waals surface area contributed by atoms with Gasteiger partial charge in [-0.1, -0.05) is 41.1 Å². The van der Waals surface area contributed by atoms with Gasteiger partial charge in [-0.3, -0.25) is 5.32 Å². The van der Waals surface area contributed by atoms with Gasteiger partial charge in [-0.2, -0.15) is 0 Å². The van der Waals surface area contributed by atoms with Gasteiger partial charge >= 0.3 is 6.09 Å². The summed E-state index contributed by atoms with van der Waals surface area (Å²) >= 11 is 3.46. The van der Waals surface area contributed by atoms with Crippen LogP contribution in [-0.2, 0) is 11.3 Å². The minimum absolute atomic E-state index is 0.121. The first-order chi connectivity index (χ1) is 11.8. The fraction of sp³-hybridized carbons (Fsp3) is 0.316. The second kappa shape index (κ2) is 9.06. The van der Waals surface area contributed by atoms with Gasteiger partial charge in [-0.05, 0) is 54.9 Å². The first-order valence-corrected chi connectivity index (χ1v) is 8.89. The molecular formula is C19H22BBrN2O2. The molecule has 2 radical (unpaired) electrons. The molecule has 0 unspecified atom stereocenters. The second-order valence-electron chi connectivity index (χ2n) is 6.24. The molecule has 130 valence electrons. The van der Waals surface area contributed by atoms with Gasteiger partial charge in [-0.25, -0.2) is 4.79 Å². The summed E-state index contributed by atoms with van der Waals surface area (Å²) in [6.45, 7) is 5.02. The van der Waals surface area contributed by atoms with Crippen molar-refractivity contribution in [1.82, 2.24) is 4.81 Å². The summed E-state index contributed by atoms with van der Waals surface area (Å²) < 4.78 is 6.42. The van der Waals surface area contributed by atoms with Crippen molar-refractivity contribution in [3.05, 3.63) is 63.6 Å². The van der Waals surface area contributed by atoms with Gasteiger partial charge < -0.3 is 9.55 Å². The summed E-state index contributed by atoms with van der Waals surface area (Å²) in [6.07, 6.45) is -0.458. The van der Waals surface area contributed by atoms with E-state index in [0.29, 0.717) is 18.8 Å². The van der Waals surface area contributed by atoms with Crippen molar-refractivity contribution in [3.63, 3.8) is 0 Å². The van der Waals surface area contributed by atoms with E-state index in [2.05, 4.69) is 40.3 Å². The number of halogens is 1. The van der Waals surface area contributed by atoms with Crippen LogP contribution in [0, 0.1) is 6.92 Å². The Morgan fingerprint density at radius 1 is 1.32 bits per heavy atom. The van der Waals surface area contributed by atoms with Crippen molar-refractivity contribution in [3.8, 4) is 0 Å². The Balaban J connectivity index is 1.90. The number of carbonyl (C=O) groups is 1. The minimum Gasteiger partial charge on any atom is -0.449 e. The van der Waals surface area contributed by atoms with E-state index < -0.39 is 6.09 Å². The molecule has 2 rings (SSSR count). The van der Waals surface area contributed by atoms with Crippen molar-refractivity contribution < 1.29 is 9.53 Å². The average Bonchev–Trinajstić information content (AvgIpc) is 2.52. The van der Waals surface area contributed by atoms with E-state index in [-0.39, 0.29) is 5.92 Å². The molecule has 0 aliphatic rings. The number of amides is 1. The first kappa shape index (κ1) is 19.5. The SMILES string of the molecule is [B]N(C)Cc1cccc(NC(=O)OC[C@H](C)c2ccc(Br)cc2C)c1. The number of nitrogens with zero attached hydrogens (tertiary/aromatic N) is 1. The van der Waals surface area contributed by atoms with E-state index in [1.165, 1.54) is 11.1 Å². The molecule has 0 spiro atoms. The van der Waals surface area contributed by atoms with Crippen LogP contribution in [0.5, 0.6) is 0 Å². The normalized spacial score (nSPS) is 12.0. The molecular weight excluding hydrogens is 379 g/mol. The van der Waals surface area contributed by atoms with E-state index in [0.717, 1.165) is 10.0 Å². The summed E-state index contributed by atoms with van der Waals surface area (Å²) in [7, 11) is 7.44. The molecule has 0 aromatic heterocycles. The lowest BCUT2D eigenvalue weighted by atomic mass is 9.97. The van der Waals surface area contributed by atoms with Gasteiger partial charge in [0, 0.05) is 22.6 Å². The van der Waals surface area contributed by atoms with Crippen molar-refractivity contribution in [2.24, 2.45) is 0 Å². The van der Waals surface area contributed by atoms with Crippen LogP contribution in [0.2, 0.25) is 0 Å². The monoisotopic (exact) mass is 400 g/mol. The minimum atomic E-state index is -0.458. The van der Waals surface area contributed by atoms with E-state index in [4.69, 9.17) is 12.7 Å². The quantitative estimate of drug-likeness (QED) is 0.719. The Kier molecular flexibility index (Phi) is 7.08. The van der Waals surface area contributed by atoms with Gasteiger partial charge in [0.2, 0.25) is 0 Å². The zero-order valence-corrected chi connectivity index (χ0v) is 16.3. The predicted octanol–water partition coefficient (Wildman–Crippen LogP) is 4.63. The molecule has 2 aromatic carbocycles. The molecule has 1 atom stereocenters. The highest BCUT2D eigenvalue weighted by Gasteiger charge is 2.12. The van der Waals surface area contributed by atoms with Crippen LogP contribution in [0.15, 0.2) is 46.9 Å². The topological polar surface area (TPSA) is 41.6 Å². The van der Waals surface area contributed by atoms with Crippen LogP contribution in [0.4, 0.5) is 10.5 Å². The Morgan fingerprint density at radius 2 is 2.08 bits per heavy atom. The molecule has 0 bridgehead atoms. The van der Waals surface area contributed by atoms with Crippen molar-refractivity contribution >= 4 is 35.7 Å². The van der Waals surface area contributed by atoms with E-state index in [1.807, 2.05) is 37.3 Å². The van der Waals surface area contributed by atoms with Crippen LogP contribution in [0.3, 0.4) is 0 Å². The third kappa shape index (κ3) is 6.22. The number of hydrogen-bond acceptors (Lipinski definition) is 3. The zero-order valence-electron chi connectivity index (χ0n) is 14.8. The molecule has 0 saturated carbocycles. The average molecular weight is 401 g/mol. The van der Waals surface area contributed by atoms with Gasteiger partial charge in [0.1, 0.15) is 0 Å². The molecule has 1 N–H and O–H groups in total. The number of aryl methyl sites for hydroxylation is 1. The molecule has 4 nitrogen and oxygen atoms in total. The largest absolute Gasteiger partial charge is 0.449 e. The van der Waals surface area contributed by atoms with Crippen molar-refractivity contribution in [1.29, 1.82) is 0 Å².